The summed E-state index contributed by atoms with van der Waals surface area (Å²) >= 11 is 0. The Morgan fingerprint density at radius 3 is 2.42 bits per heavy atom. The quantitative estimate of drug-likeness (QED) is 0.800. The summed E-state index contributed by atoms with van der Waals surface area (Å²) in [7, 11) is 1.73. The summed E-state index contributed by atoms with van der Waals surface area (Å²) in [5.74, 6) is -0.342. The molecule has 3 aromatic rings. The van der Waals surface area contributed by atoms with Crippen LogP contribution in [0.1, 0.15) is 16.1 Å². The lowest BCUT2D eigenvalue weighted by Gasteiger charge is -2.05. The summed E-state index contributed by atoms with van der Waals surface area (Å²) in [5.41, 5.74) is 0.364. The van der Waals surface area contributed by atoms with Gasteiger partial charge in [0.25, 0.3) is 5.91 Å². The van der Waals surface area contributed by atoms with Crippen molar-refractivity contribution in [1.82, 2.24) is 19.6 Å². The number of anilines is 1. The van der Waals surface area contributed by atoms with Crippen LogP contribution in [-0.4, -0.2) is 25.5 Å². The largest absolute Gasteiger partial charge is 0.435 e. The predicted octanol–water partition coefficient (Wildman–Crippen LogP) is 2.88. The zero-order chi connectivity index (χ0) is 17.3. The molecule has 1 aromatic carbocycles. The molecule has 9 heteroatoms. The van der Waals surface area contributed by atoms with Gasteiger partial charge in [-0.2, -0.15) is 23.4 Å². The first-order valence-corrected chi connectivity index (χ1v) is 6.86. The molecule has 6 nitrogen and oxygen atoms in total. The van der Waals surface area contributed by atoms with Gasteiger partial charge in [-0.15, -0.1) is 0 Å². The average molecular weight is 335 g/mol. The molecule has 2 aromatic heterocycles. The second-order valence-corrected chi connectivity index (χ2v) is 5.05. The van der Waals surface area contributed by atoms with Crippen molar-refractivity contribution in [3.8, 4) is 5.69 Å². The number of alkyl halides is 3. The van der Waals surface area contributed by atoms with Gasteiger partial charge in [0.15, 0.2) is 5.69 Å². The molecule has 24 heavy (non-hydrogen) atoms. The van der Waals surface area contributed by atoms with Gasteiger partial charge in [-0.25, -0.2) is 4.68 Å². The molecule has 124 valence electrons. The number of hydrogen-bond acceptors (Lipinski definition) is 3. The second kappa shape index (κ2) is 5.84. The Hall–Kier alpha value is -3.10. The third-order valence-electron chi connectivity index (χ3n) is 3.24. The summed E-state index contributed by atoms with van der Waals surface area (Å²) in [5, 5.41) is 10.1. The van der Waals surface area contributed by atoms with Gasteiger partial charge < -0.3 is 5.32 Å². The van der Waals surface area contributed by atoms with Crippen LogP contribution < -0.4 is 5.32 Å². The van der Waals surface area contributed by atoms with E-state index in [9.17, 15) is 18.0 Å². The van der Waals surface area contributed by atoms with Gasteiger partial charge >= 0.3 is 6.18 Å². The lowest BCUT2D eigenvalue weighted by molar-refractivity contribution is -0.141. The minimum atomic E-state index is -4.49. The van der Waals surface area contributed by atoms with Crippen LogP contribution in [0.25, 0.3) is 5.69 Å². The van der Waals surface area contributed by atoms with Gasteiger partial charge in [0.05, 0.1) is 17.6 Å². The van der Waals surface area contributed by atoms with E-state index in [0.29, 0.717) is 16.9 Å². The van der Waals surface area contributed by atoms with Gasteiger partial charge in [-0.3, -0.25) is 9.48 Å². The van der Waals surface area contributed by atoms with Crippen LogP contribution in [-0.2, 0) is 13.2 Å². The van der Waals surface area contributed by atoms with Crippen LogP contribution in [0, 0.1) is 0 Å². The van der Waals surface area contributed by atoms with Crippen molar-refractivity contribution >= 4 is 11.6 Å². The van der Waals surface area contributed by atoms with E-state index in [0.717, 1.165) is 10.7 Å². The molecule has 0 radical (unpaired) electrons. The van der Waals surface area contributed by atoms with E-state index in [2.05, 4.69) is 15.5 Å². The molecule has 1 N–H and O–H groups in total. The molecule has 1 amide bonds. The molecule has 0 saturated carbocycles. The maximum atomic E-state index is 12.6. The predicted molar refractivity (Wildman–Crippen MR) is 79.7 cm³/mol. The van der Waals surface area contributed by atoms with Crippen LogP contribution in [0.4, 0.5) is 18.9 Å². The van der Waals surface area contributed by atoms with Crippen molar-refractivity contribution < 1.29 is 18.0 Å². The second-order valence-electron chi connectivity index (χ2n) is 5.05. The summed E-state index contributed by atoms with van der Waals surface area (Å²) in [6.45, 7) is 0. The Balaban J connectivity index is 1.75. The number of aromatic nitrogens is 4. The molecule has 0 bridgehead atoms. The van der Waals surface area contributed by atoms with E-state index < -0.39 is 11.9 Å². The normalized spacial score (nSPS) is 11.5. The number of nitrogens with one attached hydrogen (secondary N) is 1. The van der Waals surface area contributed by atoms with Crippen LogP contribution in [0.15, 0.2) is 48.9 Å². The molecule has 0 unspecified atom stereocenters. The minimum Gasteiger partial charge on any atom is -0.319 e. The monoisotopic (exact) mass is 335 g/mol. The molecule has 0 fully saturated rings. The number of carbonyl (C=O) groups excluding carboxylic acids is 1. The molecule has 2 heterocycles. The van der Waals surface area contributed by atoms with Crippen molar-refractivity contribution in [3.63, 3.8) is 0 Å². The highest BCUT2D eigenvalue weighted by Crippen LogP contribution is 2.27. The topological polar surface area (TPSA) is 64.7 Å². The van der Waals surface area contributed by atoms with E-state index in [1.54, 1.807) is 17.9 Å². The Bertz CT molecular complexity index is 864. The first-order chi connectivity index (χ1) is 11.3. The highest BCUT2D eigenvalue weighted by atomic mass is 19.4. The summed E-state index contributed by atoms with van der Waals surface area (Å²) < 4.78 is 40.3. The van der Waals surface area contributed by atoms with Gasteiger partial charge in [-0.1, -0.05) is 0 Å². The zero-order valence-electron chi connectivity index (χ0n) is 12.4. The van der Waals surface area contributed by atoms with Crippen LogP contribution in [0.2, 0.25) is 0 Å². The Morgan fingerprint density at radius 2 is 1.88 bits per heavy atom. The number of amides is 1. The summed E-state index contributed by atoms with van der Waals surface area (Å²) in [6.07, 6.45) is -0.119. The van der Waals surface area contributed by atoms with Crippen molar-refractivity contribution in [3.05, 3.63) is 60.2 Å². The molecule has 0 aliphatic rings. The van der Waals surface area contributed by atoms with Crippen molar-refractivity contribution in [2.45, 2.75) is 6.18 Å². The number of benzene rings is 1. The van der Waals surface area contributed by atoms with Crippen molar-refractivity contribution in [1.29, 1.82) is 0 Å². The first-order valence-electron chi connectivity index (χ1n) is 6.86. The fraction of sp³-hybridized carbons (Fsp3) is 0.133. The fourth-order valence-corrected chi connectivity index (χ4v) is 2.07. The lowest BCUT2D eigenvalue weighted by Crippen LogP contribution is -2.11. The van der Waals surface area contributed by atoms with Gasteiger partial charge in [0.1, 0.15) is 0 Å². The molecular weight excluding hydrogens is 323 g/mol. The smallest absolute Gasteiger partial charge is 0.319 e. The zero-order valence-corrected chi connectivity index (χ0v) is 12.4. The summed E-state index contributed by atoms with van der Waals surface area (Å²) in [6, 6.07) is 6.95. The molecule has 0 aliphatic heterocycles. The molecular formula is C15H12F3N5O. The van der Waals surface area contributed by atoms with E-state index in [4.69, 9.17) is 0 Å². The SMILES string of the molecule is Cn1cc(NC(=O)c2ccc(-n3ccc(C(F)(F)F)n3)cc2)cn1. The maximum absolute atomic E-state index is 12.6. The molecule has 0 spiro atoms. The van der Waals surface area contributed by atoms with Crippen LogP contribution in [0.3, 0.4) is 0 Å². The number of aryl methyl sites for hydroxylation is 1. The first kappa shape index (κ1) is 15.8. The van der Waals surface area contributed by atoms with Gasteiger partial charge in [0, 0.05) is 25.0 Å². The number of nitrogens with zero attached hydrogens (tertiary/aromatic N) is 4. The van der Waals surface area contributed by atoms with Crippen LogP contribution in [0.5, 0.6) is 0 Å². The fourth-order valence-electron chi connectivity index (χ4n) is 2.07. The Kier molecular flexibility index (Phi) is 3.84. The number of halogens is 3. The molecule has 0 aliphatic carbocycles. The van der Waals surface area contributed by atoms with Gasteiger partial charge in [0.2, 0.25) is 0 Å². The standard InChI is InChI=1S/C15H12F3N5O/c1-22-9-11(8-19-22)20-14(24)10-2-4-12(5-3-10)23-7-6-13(21-23)15(16,17)18/h2-9H,1H3,(H,20,24). The molecule has 0 saturated heterocycles. The third-order valence-corrected chi connectivity index (χ3v) is 3.24. The Labute approximate surface area is 134 Å². The minimum absolute atomic E-state index is 0.342. The highest BCUT2D eigenvalue weighted by Gasteiger charge is 2.33. The van der Waals surface area contributed by atoms with Gasteiger partial charge in [-0.05, 0) is 30.3 Å². The Morgan fingerprint density at radius 1 is 1.17 bits per heavy atom. The average Bonchev–Trinajstić information content (AvgIpc) is 3.16. The maximum Gasteiger partial charge on any atom is 0.435 e. The molecule has 3 rings (SSSR count). The number of carbonyl (C=O) groups is 1. The van der Waals surface area contributed by atoms with Crippen molar-refractivity contribution in [2.75, 3.05) is 5.32 Å². The highest BCUT2D eigenvalue weighted by molar-refractivity contribution is 6.04. The van der Waals surface area contributed by atoms with E-state index in [-0.39, 0.29) is 5.91 Å². The third kappa shape index (κ3) is 3.29. The van der Waals surface area contributed by atoms with Crippen LogP contribution >= 0.6 is 0 Å². The van der Waals surface area contributed by atoms with Crippen molar-refractivity contribution in [2.24, 2.45) is 7.05 Å². The molecule has 0 atom stereocenters. The number of hydrogen-bond donors (Lipinski definition) is 1. The lowest BCUT2D eigenvalue weighted by atomic mass is 10.2. The number of rotatable bonds is 3. The van der Waals surface area contributed by atoms with E-state index in [1.165, 1.54) is 36.7 Å². The van der Waals surface area contributed by atoms with E-state index >= 15 is 0 Å². The summed E-state index contributed by atoms with van der Waals surface area (Å²) in [4.78, 5) is 12.1. The van der Waals surface area contributed by atoms with E-state index in [1.807, 2.05) is 0 Å².